The van der Waals surface area contributed by atoms with Gasteiger partial charge in [-0.25, -0.2) is 0 Å². The number of ether oxygens (including phenoxy) is 3. The first kappa shape index (κ1) is 13.7. The van der Waals surface area contributed by atoms with Gasteiger partial charge < -0.3 is 14.2 Å². The van der Waals surface area contributed by atoms with E-state index in [0.717, 1.165) is 0 Å². The smallest absolute Gasteiger partial charge is 0.303 e. The van der Waals surface area contributed by atoms with E-state index < -0.39 is 29.6 Å². The van der Waals surface area contributed by atoms with E-state index in [1.54, 1.807) is 7.85 Å². The molecule has 5 atom stereocenters. The number of hydrogen-bond donors (Lipinski definition) is 0. The third-order valence-electron chi connectivity index (χ3n) is 3.54. The van der Waals surface area contributed by atoms with E-state index in [4.69, 9.17) is 19.7 Å². The van der Waals surface area contributed by atoms with Gasteiger partial charge in [0.15, 0.2) is 0 Å². The maximum absolute atomic E-state index is 11.2. The second kappa shape index (κ2) is 4.75. The van der Waals surface area contributed by atoms with Crippen LogP contribution in [0.2, 0.25) is 0 Å². The summed E-state index contributed by atoms with van der Waals surface area (Å²) in [5, 5.41) is 3.53. The second-order valence-electron chi connectivity index (χ2n) is 4.82. The largest absolute Gasteiger partial charge is 0.460 e. The quantitative estimate of drug-likeness (QED) is 0.224. The Hall–Kier alpha value is -1.73. The summed E-state index contributed by atoms with van der Waals surface area (Å²) >= 11 is 0. The maximum atomic E-state index is 11.2. The van der Waals surface area contributed by atoms with Crippen molar-refractivity contribution in [2.45, 2.75) is 38.2 Å². The normalized spacial score (nSPS) is 38.8. The zero-order valence-electron chi connectivity index (χ0n) is 10.9. The lowest BCUT2D eigenvalue weighted by molar-refractivity contribution is -0.157. The van der Waals surface area contributed by atoms with Crippen LogP contribution in [0.3, 0.4) is 0 Å². The molecule has 1 saturated heterocycles. The first-order chi connectivity index (χ1) is 8.93. The highest BCUT2D eigenvalue weighted by Crippen LogP contribution is 2.60. The molecule has 0 aromatic heterocycles. The topological polar surface area (TPSA) is 111 Å². The molecule has 0 N–H and O–H groups in total. The highest BCUT2D eigenvalue weighted by molar-refractivity contribution is 6.12. The Balaban J connectivity index is 2.23. The first-order valence-electron chi connectivity index (χ1n) is 5.94. The van der Waals surface area contributed by atoms with Crippen LogP contribution in [-0.2, 0) is 23.8 Å². The van der Waals surface area contributed by atoms with Gasteiger partial charge in [-0.2, -0.15) is 0 Å². The van der Waals surface area contributed by atoms with Crippen LogP contribution < -0.4 is 0 Å². The number of rotatable bonds is 4. The van der Waals surface area contributed by atoms with Gasteiger partial charge in [-0.05, 0) is 5.53 Å². The van der Waals surface area contributed by atoms with Gasteiger partial charge in [-0.1, -0.05) is 5.11 Å². The van der Waals surface area contributed by atoms with Crippen molar-refractivity contribution in [3.8, 4) is 0 Å². The summed E-state index contributed by atoms with van der Waals surface area (Å²) in [4.78, 5) is 24.9. The zero-order chi connectivity index (χ0) is 14.2. The number of esters is 2. The standard InChI is InChI=1S/C10H14BN3O5/c1-4(15)17-6-7-10(6,3-13-14-12)8(9(11)19-7)18-5(2)16/h6-9H,3,11H2,1-2H3/t6?,7-,8+,9-,10+/m1/s1. The Morgan fingerprint density at radius 3 is 2.47 bits per heavy atom. The minimum Gasteiger partial charge on any atom is -0.460 e. The molecule has 1 saturated carbocycles. The molecule has 0 bridgehead atoms. The van der Waals surface area contributed by atoms with Gasteiger partial charge in [0.05, 0.1) is 11.4 Å². The van der Waals surface area contributed by atoms with Crippen molar-refractivity contribution in [1.29, 1.82) is 0 Å². The molecule has 19 heavy (non-hydrogen) atoms. The Labute approximate surface area is 110 Å². The number of fused-ring (bicyclic) bond motifs is 1. The number of carbonyl (C=O) groups is 2. The predicted molar refractivity (Wildman–Crippen MR) is 64.8 cm³/mol. The fourth-order valence-corrected chi connectivity index (χ4v) is 2.81. The fourth-order valence-electron chi connectivity index (χ4n) is 2.81. The molecule has 9 heteroatoms. The molecule has 102 valence electrons. The maximum Gasteiger partial charge on any atom is 0.303 e. The van der Waals surface area contributed by atoms with Crippen LogP contribution >= 0.6 is 0 Å². The van der Waals surface area contributed by atoms with Gasteiger partial charge in [0, 0.05) is 25.3 Å². The van der Waals surface area contributed by atoms with Gasteiger partial charge in [0.2, 0.25) is 0 Å². The van der Waals surface area contributed by atoms with Gasteiger partial charge in [-0.15, -0.1) is 0 Å². The SMILES string of the molecule is B[C@@H]1O[C@@H]2C(OC(C)=O)[C@]2(CN=[N+]=[N-])[C@H]1OC(C)=O. The number of azide groups is 1. The first-order valence-corrected chi connectivity index (χ1v) is 5.94. The van der Waals surface area contributed by atoms with Crippen LogP contribution in [-0.4, -0.2) is 50.6 Å². The van der Waals surface area contributed by atoms with E-state index in [2.05, 4.69) is 10.0 Å². The van der Waals surface area contributed by atoms with Gasteiger partial charge in [-0.3, -0.25) is 9.59 Å². The number of hydrogen-bond acceptors (Lipinski definition) is 6. The summed E-state index contributed by atoms with van der Waals surface area (Å²) < 4.78 is 16.0. The fraction of sp³-hybridized carbons (Fsp3) is 0.800. The minimum atomic E-state index is -0.747. The summed E-state index contributed by atoms with van der Waals surface area (Å²) in [6.07, 6.45) is -1.50. The molecule has 8 nitrogen and oxygen atoms in total. The van der Waals surface area contributed by atoms with E-state index in [1.807, 2.05) is 0 Å². The van der Waals surface area contributed by atoms with Crippen LogP contribution in [0.25, 0.3) is 10.4 Å². The van der Waals surface area contributed by atoms with Gasteiger partial charge >= 0.3 is 11.9 Å². The second-order valence-corrected chi connectivity index (χ2v) is 4.82. The van der Waals surface area contributed by atoms with E-state index in [1.165, 1.54) is 13.8 Å². The molecule has 2 rings (SSSR count). The van der Waals surface area contributed by atoms with Crippen molar-refractivity contribution >= 4 is 19.8 Å². The van der Waals surface area contributed by atoms with E-state index in [-0.39, 0.29) is 18.7 Å². The van der Waals surface area contributed by atoms with Crippen molar-refractivity contribution in [3.63, 3.8) is 0 Å². The molecule has 2 aliphatic rings. The molecule has 0 radical (unpaired) electrons. The van der Waals surface area contributed by atoms with Crippen molar-refractivity contribution < 1.29 is 23.8 Å². The highest BCUT2D eigenvalue weighted by atomic mass is 16.6. The van der Waals surface area contributed by atoms with Crippen molar-refractivity contribution in [1.82, 2.24) is 0 Å². The minimum absolute atomic E-state index is 0.0639. The van der Waals surface area contributed by atoms with Crippen LogP contribution in [0.15, 0.2) is 5.11 Å². The van der Waals surface area contributed by atoms with E-state index in [0.29, 0.717) is 0 Å². The van der Waals surface area contributed by atoms with E-state index >= 15 is 0 Å². The van der Waals surface area contributed by atoms with Gasteiger partial charge in [0.1, 0.15) is 26.2 Å². The molecule has 0 aromatic carbocycles. The molecule has 0 spiro atoms. The monoisotopic (exact) mass is 267 g/mol. The van der Waals surface area contributed by atoms with Crippen molar-refractivity contribution in [2.75, 3.05) is 6.54 Å². The molecular formula is C10H14BN3O5. The molecule has 0 aromatic rings. The summed E-state index contributed by atoms with van der Waals surface area (Å²) in [6.45, 7) is 2.65. The van der Waals surface area contributed by atoms with Crippen LogP contribution in [0.5, 0.6) is 0 Å². The summed E-state index contributed by atoms with van der Waals surface area (Å²) in [7, 11) is 1.77. The molecule has 1 aliphatic carbocycles. The third-order valence-corrected chi connectivity index (χ3v) is 3.54. The van der Waals surface area contributed by atoms with E-state index in [9.17, 15) is 9.59 Å². The summed E-state index contributed by atoms with van der Waals surface area (Å²) in [5.41, 5.74) is 7.72. The molecular weight excluding hydrogens is 253 g/mol. The molecule has 1 aliphatic heterocycles. The average Bonchev–Trinajstić information content (AvgIpc) is 2.78. The predicted octanol–water partition coefficient (Wildman–Crippen LogP) is -0.482. The van der Waals surface area contributed by atoms with Crippen molar-refractivity contribution in [2.24, 2.45) is 10.5 Å². The lowest BCUT2D eigenvalue weighted by Gasteiger charge is -2.26. The Kier molecular flexibility index (Phi) is 3.43. The Morgan fingerprint density at radius 1 is 1.37 bits per heavy atom. The Morgan fingerprint density at radius 2 is 1.95 bits per heavy atom. The number of nitrogens with zero attached hydrogens (tertiary/aromatic N) is 3. The zero-order valence-corrected chi connectivity index (χ0v) is 10.9. The van der Waals surface area contributed by atoms with Crippen LogP contribution in [0, 0.1) is 5.41 Å². The molecule has 1 unspecified atom stereocenters. The van der Waals surface area contributed by atoms with Crippen molar-refractivity contribution in [3.05, 3.63) is 10.4 Å². The lowest BCUT2D eigenvalue weighted by atomic mass is 9.85. The van der Waals surface area contributed by atoms with Gasteiger partial charge in [0.25, 0.3) is 0 Å². The van der Waals surface area contributed by atoms with Crippen LogP contribution in [0.1, 0.15) is 13.8 Å². The highest BCUT2D eigenvalue weighted by Gasteiger charge is 2.78. The summed E-state index contributed by atoms with van der Waals surface area (Å²) in [5.74, 6) is -0.896. The molecule has 0 amide bonds. The lowest BCUT2D eigenvalue weighted by Crippen LogP contribution is -2.40. The average molecular weight is 267 g/mol. The number of carbonyl (C=O) groups excluding carboxylic acids is 2. The van der Waals surface area contributed by atoms with Crippen LogP contribution in [0.4, 0.5) is 0 Å². The summed E-state index contributed by atoms with van der Waals surface area (Å²) in [6, 6.07) is -0.324. The molecule has 2 fully saturated rings. The molecule has 1 heterocycles. The Bertz CT molecular complexity index is 466. The third kappa shape index (κ3) is 2.15.